The molecule has 0 radical (unpaired) electrons. The van der Waals surface area contributed by atoms with Crippen molar-refractivity contribution in [3.63, 3.8) is 0 Å². The second kappa shape index (κ2) is 8.65. The minimum Gasteiger partial charge on any atom is -0.352 e. The number of hydrogen-bond acceptors (Lipinski definition) is 3. The second-order valence-corrected chi connectivity index (χ2v) is 7.79. The molecule has 1 amide bonds. The van der Waals surface area contributed by atoms with Crippen molar-refractivity contribution < 1.29 is 4.79 Å². The van der Waals surface area contributed by atoms with E-state index in [1.807, 2.05) is 0 Å². The SMILES string of the molecule is CC(C)[C@@H](C)NC(=O)CN1CCN(Cc2cccc3ccccc23)CC1. The molecule has 4 nitrogen and oxygen atoms in total. The minimum atomic E-state index is 0.147. The molecule has 1 fully saturated rings. The van der Waals surface area contributed by atoms with E-state index >= 15 is 0 Å². The molecule has 2 aromatic rings. The van der Waals surface area contributed by atoms with Crippen molar-refractivity contribution in [1.82, 2.24) is 15.1 Å². The van der Waals surface area contributed by atoms with Gasteiger partial charge in [-0.25, -0.2) is 0 Å². The number of hydrogen-bond donors (Lipinski definition) is 1. The molecule has 140 valence electrons. The number of benzene rings is 2. The van der Waals surface area contributed by atoms with Gasteiger partial charge in [-0.3, -0.25) is 14.6 Å². The molecule has 0 unspecified atom stereocenters. The van der Waals surface area contributed by atoms with Crippen molar-refractivity contribution in [3.8, 4) is 0 Å². The Morgan fingerprint density at radius 3 is 2.35 bits per heavy atom. The Kier molecular flexibility index (Phi) is 6.28. The first kappa shape index (κ1) is 18.9. The summed E-state index contributed by atoms with van der Waals surface area (Å²) in [6.07, 6.45) is 0. The lowest BCUT2D eigenvalue weighted by molar-refractivity contribution is -0.123. The van der Waals surface area contributed by atoms with E-state index in [9.17, 15) is 4.79 Å². The number of nitrogens with one attached hydrogen (secondary N) is 1. The zero-order valence-electron chi connectivity index (χ0n) is 16.2. The fourth-order valence-electron chi connectivity index (χ4n) is 3.45. The topological polar surface area (TPSA) is 35.6 Å². The Bertz CT molecular complexity index is 730. The summed E-state index contributed by atoms with van der Waals surface area (Å²) in [4.78, 5) is 16.9. The Hall–Kier alpha value is -1.91. The van der Waals surface area contributed by atoms with Crippen molar-refractivity contribution in [2.75, 3.05) is 32.7 Å². The van der Waals surface area contributed by atoms with Crippen molar-refractivity contribution >= 4 is 16.7 Å². The average Bonchev–Trinajstić information content (AvgIpc) is 2.63. The molecule has 1 saturated heterocycles. The molecular formula is C22H31N3O. The molecule has 0 saturated carbocycles. The molecule has 3 rings (SSSR count). The Morgan fingerprint density at radius 1 is 0.962 bits per heavy atom. The first-order chi connectivity index (χ1) is 12.5. The van der Waals surface area contributed by atoms with Gasteiger partial charge in [-0.15, -0.1) is 0 Å². The molecule has 0 spiro atoms. The molecule has 0 bridgehead atoms. The molecule has 2 aromatic carbocycles. The molecule has 4 heteroatoms. The molecule has 1 aliphatic heterocycles. The quantitative estimate of drug-likeness (QED) is 0.867. The molecule has 1 aliphatic rings. The molecule has 1 atom stereocenters. The van der Waals surface area contributed by atoms with E-state index in [1.54, 1.807) is 0 Å². The molecule has 1 heterocycles. The van der Waals surface area contributed by atoms with Gasteiger partial charge in [0.05, 0.1) is 6.54 Å². The standard InChI is InChI=1S/C22H31N3O/c1-17(2)18(3)23-22(26)16-25-13-11-24(12-14-25)15-20-9-6-8-19-7-4-5-10-21(19)20/h4-10,17-18H,11-16H2,1-3H3,(H,23,26)/t18-/m1/s1. The zero-order chi connectivity index (χ0) is 18.5. The number of nitrogens with zero attached hydrogens (tertiary/aromatic N) is 2. The average molecular weight is 354 g/mol. The predicted octanol–water partition coefficient (Wildman–Crippen LogP) is 3.12. The Balaban J connectivity index is 1.50. The van der Waals surface area contributed by atoms with Gasteiger partial charge in [0.25, 0.3) is 0 Å². The van der Waals surface area contributed by atoms with E-state index < -0.39 is 0 Å². The monoisotopic (exact) mass is 353 g/mol. The first-order valence-electron chi connectivity index (χ1n) is 9.73. The summed E-state index contributed by atoms with van der Waals surface area (Å²) in [6.45, 7) is 11.8. The van der Waals surface area contributed by atoms with E-state index in [0.29, 0.717) is 12.5 Å². The number of carbonyl (C=O) groups excluding carboxylic acids is 1. The van der Waals surface area contributed by atoms with Crippen LogP contribution in [-0.2, 0) is 11.3 Å². The van der Waals surface area contributed by atoms with Crippen molar-refractivity contribution in [1.29, 1.82) is 0 Å². The van der Waals surface area contributed by atoms with E-state index in [-0.39, 0.29) is 11.9 Å². The zero-order valence-corrected chi connectivity index (χ0v) is 16.2. The summed E-state index contributed by atoms with van der Waals surface area (Å²) in [5, 5.41) is 5.76. The maximum atomic E-state index is 12.2. The summed E-state index contributed by atoms with van der Waals surface area (Å²) in [5.41, 5.74) is 1.39. The molecule has 1 N–H and O–H groups in total. The van der Waals surface area contributed by atoms with E-state index in [1.165, 1.54) is 16.3 Å². The first-order valence-corrected chi connectivity index (χ1v) is 9.73. The third kappa shape index (κ3) is 4.83. The summed E-state index contributed by atoms with van der Waals surface area (Å²) in [6, 6.07) is 15.4. The van der Waals surface area contributed by atoms with Crippen LogP contribution in [0.3, 0.4) is 0 Å². The molecular weight excluding hydrogens is 322 g/mol. The Labute approximate surface area is 157 Å². The van der Waals surface area contributed by atoms with Crippen LogP contribution >= 0.6 is 0 Å². The van der Waals surface area contributed by atoms with Crippen LogP contribution in [0.1, 0.15) is 26.3 Å². The normalized spacial score (nSPS) is 17.5. The highest BCUT2D eigenvalue weighted by Gasteiger charge is 2.20. The van der Waals surface area contributed by atoms with Crippen molar-refractivity contribution in [3.05, 3.63) is 48.0 Å². The number of fused-ring (bicyclic) bond motifs is 1. The smallest absolute Gasteiger partial charge is 0.234 e. The van der Waals surface area contributed by atoms with E-state index in [4.69, 9.17) is 0 Å². The summed E-state index contributed by atoms with van der Waals surface area (Å²) in [5.74, 6) is 0.616. The third-order valence-electron chi connectivity index (χ3n) is 5.49. The highest BCUT2D eigenvalue weighted by molar-refractivity contribution is 5.85. The van der Waals surface area contributed by atoms with Crippen molar-refractivity contribution in [2.45, 2.75) is 33.4 Å². The fraction of sp³-hybridized carbons (Fsp3) is 0.500. The van der Waals surface area contributed by atoms with Gasteiger partial charge in [0.15, 0.2) is 0 Å². The number of piperazine rings is 1. The minimum absolute atomic E-state index is 0.147. The fourth-order valence-corrected chi connectivity index (χ4v) is 3.45. The van der Waals surface area contributed by atoms with E-state index in [0.717, 1.165) is 32.7 Å². The molecule has 0 aromatic heterocycles. The van der Waals surface area contributed by atoms with Gasteiger partial charge < -0.3 is 5.32 Å². The van der Waals surface area contributed by atoms with Crippen LogP contribution in [0.4, 0.5) is 0 Å². The van der Waals surface area contributed by atoms with Gasteiger partial charge in [-0.05, 0) is 29.2 Å². The van der Waals surface area contributed by atoms with Crippen LogP contribution < -0.4 is 5.32 Å². The van der Waals surface area contributed by atoms with Gasteiger partial charge in [0.2, 0.25) is 5.91 Å². The lowest BCUT2D eigenvalue weighted by atomic mass is 10.0. The van der Waals surface area contributed by atoms with Gasteiger partial charge in [-0.2, -0.15) is 0 Å². The largest absolute Gasteiger partial charge is 0.352 e. The third-order valence-corrected chi connectivity index (χ3v) is 5.49. The number of rotatable bonds is 6. The van der Waals surface area contributed by atoms with Crippen LogP contribution in [0.2, 0.25) is 0 Å². The van der Waals surface area contributed by atoms with Crippen molar-refractivity contribution in [2.24, 2.45) is 5.92 Å². The van der Waals surface area contributed by atoms with Crippen LogP contribution in [0, 0.1) is 5.92 Å². The maximum Gasteiger partial charge on any atom is 0.234 e. The number of carbonyl (C=O) groups is 1. The summed E-state index contributed by atoms with van der Waals surface area (Å²) >= 11 is 0. The van der Waals surface area contributed by atoms with Gasteiger partial charge >= 0.3 is 0 Å². The van der Waals surface area contributed by atoms with Gasteiger partial charge in [-0.1, -0.05) is 56.3 Å². The second-order valence-electron chi connectivity index (χ2n) is 7.79. The highest BCUT2D eigenvalue weighted by atomic mass is 16.2. The van der Waals surface area contributed by atoms with Gasteiger partial charge in [0.1, 0.15) is 0 Å². The highest BCUT2D eigenvalue weighted by Crippen LogP contribution is 2.20. The van der Waals surface area contributed by atoms with Crippen LogP contribution in [0.5, 0.6) is 0 Å². The summed E-state index contributed by atoms with van der Waals surface area (Å²) < 4.78 is 0. The summed E-state index contributed by atoms with van der Waals surface area (Å²) in [7, 11) is 0. The lowest BCUT2D eigenvalue weighted by Gasteiger charge is -2.34. The molecule has 26 heavy (non-hydrogen) atoms. The number of amides is 1. The molecule has 0 aliphatic carbocycles. The van der Waals surface area contributed by atoms with Gasteiger partial charge in [0, 0.05) is 38.8 Å². The Morgan fingerprint density at radius 2 is 1.62 bits per heavy atom. The van der Waals surface area contributed by atoms with Crippen LogP contribution in [0.15, 0.2) is 42.5 Å². The maximum absolute atomic E-state index is 12.2. The lowest BCUT2D eigenvalue weighted by Crippen LogP contribution is -2.50. The predicted molar refractivity (Wildman–Crippen MR) is 108 cm³/mol. The van der Waals surface area contributed by atoms with Crippen LogP contribution in [-0.4, -0.2) is 54.5 Å². The van der Waals surface area contributed by atoms with Crippen LogP contribution in [0.25, 0.3) is 10.8 Å². The van der Waals surface area contributed by atoms with E-state index in [2.05, 4.69) is 78.4 Å².